The predicted octanol–water partition coefficient (Wildman–Crippen LogP) is 2.49. The topological polar surface area (TPSA) is 108 Å². The number of ether oxygens (including phenoxy) is 1. The summed E-state index contributed by atoms with van der Waals surface area (Å²) in [4.78, 5) is 46.9. The quantitative estimate of drug-likeness (QED) is 0.579. The first-order valence-electron chi connectivity index (χ1n) is 10.8. The van der Waals surface area contributed by atoms with Crippen LogP contribution in [0.25, 0.3) is 0 Å². The third kappa shape index (κ3) is 5.65. The first-order valence-corrected chi connectivity index (χ1v) is 10.8. The highest BCUT2D eigenvalue weighted by molar-refractivity contribution is 5.94. The van der Waals surface area contributed by atoms with Gasteiger partial charge in [0.25, 0.3) is 5.91 Å². The lowest BCUT2D eigenvalue weighted by Crippen LogP contribution is -2.54. The minimum atomic E-state index is -0.415. The molecule has 0 bridgehead atoms. The molecule has 3 aromatic rings. The van der Waals surface area contributed by atoms with Gasteiger partial charge in [0.05, 0.1) is 17.8 Å². The molecule has 3 heterocycles. The van der Waals surface area contributed by atoms with Crippen LogP contribution >= 0.6 is 0 Å². The van der Waals surface area contributed by atoms with Crippen molar-refractivity contribution in [3.8, 4) is 11.5 Å². The number of aromatic amines is 1. The molecule has 0 aliphatic carbocycles. The molecule has 9 nitrogen and oxygen atoms in total. The molecule has 4 rings (SSSR count). The number of carbonyl (C=O) groups is 2. The molecule has 0 unspecified atom stereocenters. The Labute approximate surface area is 195 Å². The smallest absolute Gasteiger partial charge is 0.255 e. The number of nitrogens with zero attached hydrogens (tertiary/aromatic N) is 3. The number of piperazine rings is 1. The first kappa shape index (κ1) is 23.1. The highest BCUT2D eigenvalue weighted by Crippen LogP contribution is 2.22. The van der Waals surface area contributed by atoms with Crippen LogP contribution in [0.1, 0.15) is 17.3 Å². The van der Waals surface area contributed by atoms with Gasteiger partial charge in [-0.1, -0.05) is 0 Å². The Morgan fingerprint density at radius 1 is 1.03 bits per heavy atom. The summed E-state index contributed by atoms with van der Waals surface area (Å²) in [7, 11) is 0. The number of anilines is 1. The summed E-state index contributed by atoms with van der Waals surface area (Å²) >= 11 is 0. The summed E-state index contributed by atoms with van der Waals surface area (Å²) in [6.45, 7) is 3.84. The van der Waals surface area contributed by atoms with E-state index in [9.17, 15) is 18.8 Å². The Bertz CT molecular complexity index is 1180. The zero-order valence-corrected chi connectivity index (χ0v) is 18.5. The molecule has 0 saturated carbocycles. The van der Waals surface area contributed by atoms with Crippen LogP contribution in [-0.4, -0.2) is 63.8 Å². The summed E-state index contributed by atoms with van der Waals surface area (Å²) in [5.74, 6) is 0.614. The molecular formula is C24H24FN5O4. The normalized spacial score (nSPS) is 14.9. The van der Waals surface area contributed by atoms with Gasteiger partial charge in [-0.25, -0.2) is 9.37 Å². The molecule has 2 N–H and O–H groups in total. The number of rotatable bonds is 6. The summed E-state index contributed by atoms with van der Waals surface area (Å²) in [5.41, 5.74) is 0.169. The van der Waals surface area contributed by atoms with E-state index in [-0.39, 0.29) is 23.2 Å². The van der Waals surface area contributed by atoms with Gasteiger partial charge in [0.2, 0.25) is 11.5 Å². The monoisotopic (exact) mass is 465 g/mol. The molecule has 1 aromatic carbocycles. The number of halogens is 1. The lowest BCUT2D eigenvalue weighted by Gasteiger charge is -2.37. The Morgan fingerprint density at radius 2 is 1.74 bits per heavy atom. The molecule has 1 fully saturated rings. The van der Waals surface area contributed by atoms with Crippen LogP contribution in [0.3, 0.4) is 0 Å². The fourth-order valence-corrected chi connectivity index (χ4v) is 3.59. The SMILES string of the molecule is C[C@H](C(=O)Nc1ccc(Oc2ccc(F)cc2)cn1)N1CCN(C(=O)c2ccc(=O)[nH]c2)CC1. The molecule has 0 radical (unpaired) electrons. The average Bonchev–Trinajstić information content (AvgIpc) is 2.86. The number of pyridine rings is 2. The fraction of sp³-hybridized carbons (Fsp3) is 0.250. The number of hydrogen-bond donors (Lipinski definition) is 2. The van der Waals surface area contributed by atoms with E-state index in [1.807, 2.05) is 4.90 Å². The highest BCUT2D eigenvalue weighted by atomic mass is 19.1. The van der Waals surface area contributed by atoms with Crippen LogP contribution < -0.4 is 15.6 Å². The number of hydrogen-bond acceptors (Lipinski definition) is 6. The van der Waals surface area contributed by atoms with Gasteiger partial charge in [0.15, 0.2) is 0 Å². The number of amides is 2. The summed E-state index contributed by atoms with van der Waals surface area (Å²) < 4.78 is 18.6. The van der Waals surface area contributed by atoms with Gasteiger partial charge in [0.1, 0.15) is 23.1 Å². The lowest BCUT2D eigenvalue weighted by molar-refractivity contribution is -0.121. The summed E-state index contributed by atoms with van der Waals surface area (Å²) in [5, 5.41) is 2.79. The Balaban J connectivity index is 1.27. The van der Waals surface area contributed by atoms with Gasteiger partial charge in [-0.3, -0.25) is 19.3 Å². The van der Waals surface area contributed by atoms with Gasteiger partial charge in [-0.2, -0.15) is 0 Å². The standard InChI is InChI=1S/C24H24FN5O4/c1-16(29-10-12-30(13-11-29)24(33)17-2-9-22(31)27-14-17)23(32)28-21-8-7-20(15-26-21)34-19-5-3-18(25)4-6-19/h2-9,14-16H,10-13H2,1H3,(H,27,31)(H,26,28,32)/t16-/m1/s1. The second-order valence-corrected chi connectivity index (χ2v) is 7.87. The summed E-state index contributed by atoms with van der Waals surface area (Å²) in [6.07, 6.45) is 2.89. The molecule has 2 aromatic heterocycles. The van der Waals surface area contributed by atoms with Crippen LogP contribution in [0.15, 0.2) is 65.7 Å². The van der Waals surface area contributed by atoms with Crippen LogP contribution in [-0.2, 0) is 4.79 Å². The largest absolute Gasteiger partial charge is 0.456 e. The van der Waals surface area contributed by atoms with Crippen LogP contribution in [0.5, 0.6) is 11.5 Å². The van der Waals surface area contributed by atoms with Gasteiger partial charge in [0, 0.05) is 38.4 Å². The molecule has 34 heavy (non-hydrogen) atoms. The van der Waals surface area contributed by atoms with Crippen LogP contribution in [0, 0.1) is 5.82 Å². The number of H-pyrrole nitrogens is 1. The van der Waals surface area contributed by atoms with E-state index >= 15 is 0 Å². The van der Waals surface area contributed by atoms with Gasteiger partial charge >= 0.3 is 0 Å². The third-order valence-corrected chi connectivity index (χ3v) is 5.60. The van der Waals surface area contributed by atoms with E-state index in [0.717, 1.165) is 0 Å². The molecule has 1 aliphatic rings. The van der Waals surface area contributed by atoms with E-state index in [2.05, 4.69) is 15.3 Å². The van der Waals surface area contributed by atoms with Crippen molar-refractivity contribution in [2.75, 3.05) is 31.5 Å². The second-order valence-electron chi connectivity index (χ2n) is 7.87. The Hall–Kier alpha value is -4.05. The van der Waals surface area contributed by atoms with Crippen molar-refractivity contribution in [3.05, 3.63) is 82.7 Å². The Kier molecular flexibility index (Phi) is 6.98. The van der Waals surface area contributed by atoms with Gasteiger partial charge < -0.3 is 19.9 Å². The summed E-state index contributed by atoms with van der Waals surface area (Å²) in [6, 6.07) is 11.3. The van der Waals surface area contributed by atoms with E-state index < -0.39 is 6.04 Å². The van der Waals surface area contributed by atoms with E-state index in [4.69, 9.17) is 4.74 Å². The van der Waals surface area contributed by atoms with Crippen molar-refractivity contribution in [2.45, 2.75) is 13.0 Å². The van der Waals surface area contributed by atoms with Crippen molar-refractivity contribution < 1.29 is 18.7 Å². The minimum Gasteiger partial charge on any atom is -0.456 e. The number of nitrogens with one attached hydrogen (secondary N) is 2. The van der Waals surface area contributed by atoms with Gasteiger partial charge in [-0.15, -0.1) is 0 Å². The fourth-order valence-electron chi connectivity index (χ4n) is 3.59. The zero-order valence-electron chi connectivity index (χ0n) is 18.5. The molecule has 1 aliphatic heterocycles. The molecule has 176 valence electrons. The van der Waals surface area contributed by atoms with Crippen molar-refractivity contribution in [3.63, 3.8) is 0 Å². The van der Waals surface area contributed by atoms with Crippen molar-refractivity contribution in [2.24, 2.45) is 0 Å². The van der Waals surface area contributed by atoms with Crippen molar-refractivity contribution >= 4 is 17.6 Å². The zero-order chi connectivity index (χ0) is 24.1. The Morgan fingerprint density at radius 3 is 2.35 bits per heavy atom. The highest BCUT2D eigenvalue weighted by Gasteiger charge is 2.28. The van der Waals surface area contributed by atoms with Gasteiger partial charge in [-0.05, 0) is 49.4 Å². The number of aromatic nitrogens is 2. The van der Waals surface area contributed by atoms with E-state index in [1.54, 1.807) is 24.0 Å². The van der Waals surface area contributed by atoms with Crippen molar-refractivity contribution in [1.82, 2.24) is 19.8 Å². The maximum Gasteiger partial charge on any atom is 0.255 e. The molecule has 10 heteroatoms. The third-order valence-electron chi connectivity index (χ3n) is 5.60. The minimum absolute atomic E-state index is 0.153. The first-order chi connectivity index (χ1) is 16.4. The molecule has 1 saturated heterocycles. The molecule has 0 spiro atoms. The second kappa shape index (κ2) is 10.3. The predicted molar refractivity (Wildman–Crippen MR) is 123 cm³/mol. The lowest BCUT2D eigenvalue weighted by atomic mass is 10.2. The molecule has 2 amide bonds. The van der Waals surface area contributed by atoms with Crippen molar-refractivity contribution in [1.29, 1.82) is 0 Å². The number of carbonyl (C=O) groups excluding carboxylic acids is 2. The average molecular weight is 465 g/mol. The molecule has 1 atom stereocenters. The molecular weight excluding hydrogens is 441 g/mol. The maximum absolute atomic E-state index is 13.0. The van der Waals surface area contributed by atoms with E-state index in [0.29, 0.717) is 49.1 Å². The number of benzene rings is 1. The van der Waals surface area contributed by atoms with Crippen LogP contribution in [0.2, 0.25) is 0 Å². The maximum atomic E-state index is 13.0. The van der Waals surface area contributed by atoms with Crippen LogP contribution in [0.4, 0.5) is 10.2 Å². The van der Waals surface area contributed by atoms with E-state index in [1.165, 1.54) is 48.8 Å².